The summed E-state index contributed by atoms with van der Waals surface area (Å²) in [6, 6.07) is 14.5. The number of halogens is 1. The molecule has 0 bridgehead atoms. The number of amides is 2. The molecule has 2 amide bonds. The first-order valence-electron chi connectivity index (χ1n) is 8.66. The Morgan fingerprint density at radius 3 is 2.32 bits per heavy atom. The fourth-order valence-corrected chi connectivity index (χ4v) is 3.25. The number of nitrogens with one attached hydrogen (secondary N) is 1. The number of nitrogens with zero attached hydrogens (tertiary/aromatic N) is 2. The Labute approximate surface area is 148 Å². The Kier molecular flexibility index (Phi) is 5.22. The van der Waals surface area contributed by atoms with Crippen molar-refractivity contribution < 1.29 is 9.18 Å². The maximum Gasteiger partial charge on any atom is 0.317 e. The van der Waals surface area contributed by atoms with Gasteiger partial charge in [-0.3, -0.25) is 0 Å². The zero-order chi connectivity index (χ0) is 17.8. The molecular weight excluding hydrogens is 317 g/mol. The van der Waals surface area contributed by atoms with E-state index in [0.717, 1.165) is 24.3 Å². The number of piperazine rings is 1. The summed E-state index contributed by atoms with van der Waals surface area (Å²) in [7, 11) is 0. The predicted molar refractivity (Wildman–Crippen MR) is 98.3 cm³/mol. The lowest BCUT2D eigenvalue weighted by Crippen LogP contribution is -2.52. The second-order valence-electron chi connectivity index (χ2n) is 6.48. The maximum atomic E-state index is 13.0. The maximum absolute atomic E-state index is 13.0. The summed E-state index contributed by atoms with van der Waals surface area (Å²) in [4.78, 5) is 16.5. The van der Waals surface area contributed by atoms with Gasteiger partial charge in [0.1, 0.15) is 5.82 Å². The van der Waals surface area contributed by atoms with Crippen LogP contribution in [0.3, 0.4) is 0 Å². The first-order chi connectivity index (χ1) is 12.0. The Morgan fingerprint density at radius 1 is 1.04 bits per heavy atom. The highest BCUT2D eigenvalue weighted by Crippen LogP contribution is 2.19. The van der Waals surface area contributed by atoms with Gasteiger partial charge in [-0.25, -0.2) is 9.18 Å². The molecule has 1 aliphatic heterocycles. The molecule has 1 saturated heterocycles. The molecule has 0 spiro atoms. The number of carbonyl (C=O) groups excluding carboxylic acids is 1. The molecule has 0 radical (unpaired) electrons. The summed E-state index contributed by atoms with van der Waals surface area (Å²) in [5.74, 6) is -0.230. The monoisotopic (exact) mass is 341 g/mol. The van der Waals surface area contributed by atoms with Crippen LogP contribution in [0.25, 0.3) is 0 Å². The zero-order valence-electron chi connectivity index (χ0n) is 14.7. The van der Waals surface area contributed by atoms with Gasteiger partial charge in [-0.1, -0.05) is 24.3 Å². The van der Waals surface area contributed by atoms with E-state index in [-0.39, 0.29) is 17.9 Å². The van der Waals surface area contributed by atoms with Crippen LogP contribution in [0, 0.1) is 12.7 Å². The van der Waals surface area contributed by atoms with Gasteiger partial charge in [0.15, 0.2) is 0 Å². The van der Waals surface area contributed by atoms with Crippen LogP contribution in [-0.4, -0.2) is 37.1 Å². The highest BCUT2D eigenvalue weighted by Gasteiger charge is 2.22. The van der Waals surface area contributed by atoms with Gasteiger partial charge in [-0.2, -0.15) is 0 Å². The van der Waals surface area contributed by atoms with Crippen molar-refractivity contribution in [1.29, 1.82) is 0 Å². The molecule has 5 heteroatoms. The van der Waals surface area contributed by atoms with E-state index in [0.29, 0.717) is 13.1 Å². The van der Waals surface area contributed by atoms with Crippen molar-refractivity contribution in [2.24, 2.45) is 0 Å². The van der Waals surface area contributed by atoms with Gasteiger partial charge in [0.2, 0.25) is 0 Å². The van der Waals surface area contributed by atoms with Crippen molar-refractivity contribution in [3.8, 4) is 0 Å². The number of hydrogen-bond acceptors (Lipinski definition) is 2. The van der Waals surface area contributed by atoms with Crippen molar-refractivity contribution in [2.45, 2.75) is 19.9 Å². The second-order valence-corrected chi connectivity index (χ2v) is 6.48. The molecule has 1 heterocycles. The van der Waals surface area contributed by atoms with Crippen LogP contribution in [-0.2, 0) is 0 Å². The molecule has 1 atom stereocenters. The van der Waals surface area contributed by atoms with Crippen LogP contribution < -0.4 is 10.2 Å². The van der Waals surface area contributed by atoms with E-state index in [1.165, 1.54) is 17.7 Å². The van der Waals surface area contributed by atoms with E-state index >= 15 is 0 Å². The fraction of sp³-hybridized carbons (Fsp3) is 0.350. The molecule has 2 aromatic carbocycles. The SMILES string of the molecule is Cc1ccccc1C(C)NC(=O)N1CCN(c2ccc(F)cc2)CC1. The topological polar surface area (TPSA) is 35.6 Å². The quantitative estimate of drug-likeness (QED) is 0.923. The highest BCUT2D eigenvalue weighted by molar-refractivity contribution is 5.75. The molecule has 0 aromatic heterocycles. The standard InChI is InChI=1S/C20H24FN3O/c1-15-5-3-4-6-19(15)16(2)22-20(25)24-13-11-23(12-14-24)18-9-7-17(21)8-10-18/h3-10,16H,11-14H2,1-2H3,(H,22,25). The van der Waals surface area contributed by atoms with Crippen LogP contribution >= 0.6 is 0 Å². The third-order valence-corrected chi connectivity index (χ3v) is 4.75. The van der Waals surface area contributed by atoms with Gasteiger partial charge in [-0.05, 0) is 49.2 Å². The Hall–Kier alpha value is -2.56. The number of rotatable bonds is 3. The van der Waals surface area contributed by atoms with E-state index < -0.39 is 0 Å². The van der Waals surface area contributed by atoms with Gasteiger partial charge in [0, 0.05) is 31.9 Å². The predicted octanol–water partition coefficient (Wildman–Crippen LogP) is 3.73. The second kappa shape index (κ2) is 7.55. The summed E-state index contributed by atoms with van der Waals surface area (Å²) in [5, 5.41) is 3.09. The van der Waals surface area contributed by atoms with Crippen LogP contribution in [0.1, 0.15) is 24.1 Å². The molecule has 2 aromatic rings. The van der Waals surface area contributed by atoms with Crippen LogP contribution in [0.2, 0.25) is 0 Å². The highest BCUT2D eigenvalue weighted by atomic mass is 19.1. The largest absolute Gasteiger partial charge is 0.368 e. The van der Waals surface area contributed by atoms with E-state index in [9.17, 15) is 9.18 Å². The van der Waals surface area contributed by atoms with Crippen LogP contribution in [0.4, 0.5) is 14.9 Å². The molecule has 1 fully saturated rings. The number of urea groups is 1. The first-order valence-corrected chi connectivity index (χ1v) is 8.66. The van der Waals surface area contributed by atoms with Gasteiger partial charge in [0.25, 0.3) is 0 Å². The van der Waals surface area contributed by atoms with Gasteiger partial charge in [0.05, 0.1) is 6.04 Å². The molecule has 132 valence electrons. The lowest BCUT2D eigenvalue weighted by molar-refractivity contribution is 0.191. The number of aryl methyl sites for hydroxylation is 1. The molecule has 0 aliphatic carbocycles. The van der Waals surface area contributed by atoms with Crippen molar-refractivity contribution in [2.75, 3.05) is 31.1 Å². The Balaban J connectivity index is 1.55. The van der Waals surface area contributed by atoms with Crippen LogP contribution in [0.15, 0.2) is 48.5 Å². The molecule has 1 aliphatic rings. The Morgan fingerprint density at radius 2 is 1.68 bits per heavy atom. The average Bonchev–Trinajstić information content (AvgIpc) is 2.63. The molecule has 4 nitrogen and oxygen atoms in total. The summed E-state index contributed by atoms with van der Waals surface area (Å²) in [5.41, 5.74) is 3.31. The summed E-state index contributed by atoms with van der Waals surface area (Å²) in [6.07, 6.45) is 0. The molecule has 0 saturated carbocycles. The van der Waals surface area contributed by atoms with Gasteiger partial charge >= 0.3 is 6.03 Å². The lowest BCUT2D eigenvalue weighted by atomic mass is 10.0. The minimum atomic E-state index is -0.230. The van der Waals surface area contributed by atoms with Crippen molar-refractivity contribution in [3.63, 3.8) is 0 Å². The summed E-state index contributed by atoms with van der Waals surface area (Å²) < 4.78 is 13.0. The number of anilines is 1. The Bertz CT molecular complexity index is 724. The zero-order valence-corrected chi connectivity index (χ0v) is 14.7. The first kappa shape index (κ1) is 17.3. The van der Waals surface area contributed by atoms with Crippen molar-refractivity contribution in [3.05, 3.63) is 65.5 Å². The number of hydrogen-bond donors (Lipinski definition) is 1. The van der Waals surface area contributed by atoms with E-state index in [4.69, 9.17) is 0 Å². The third kappa shape index (κ3) is 4.10. The van der Waals surface area contributed by atoms with Gasteiger partial charge in [-0.15, -0.1) is 0 Å². The van der Waals surface area contributed by atoms with E-state index in [1.807, 2.05) is 30.0 Å². The fourth-order valence-electron chi connectivity index (χ4n) is 3.25. The van der Waals surface area contributed by atoms with E-state index in [2.05, 4.69) is 23.2 Å². The number of benzene rings is 2. The molecular formula is C20H24FN3O. The van der Waals surface area contributed by atoms with Crippen LogP contribution in [0.5, 0.6) is 0 Å². The molecule has 1 N–H and O–H groups in total. The normalized spacial score (nSPS) is 15.8. The minimum Gasteiger partial charge on any atom is -0.368 e. The van der Waals surface area contributed by atoms with E-state index in [1.54, 1.807) is 12.1 Å². The molecule has 1 unspecified atom stereocenters. The smallest absolute Gasteiger partial charge is 0.317 e. The summed E-state index contributed by atoms with van der Waals surface area (Å²) in [6.45, 7) is 6.87. The average molecular weight is 341 g/mol. The third-order valence-electron chi connectivity index (χ3n) is 4.75. The number of carbonyl (C=O) groups is 1. The lowest BCUT2D eigenvalue weighted by Gasteiger charge is -2.36. The molecule has 25 heavy (non-hydrogen) atoms. The molecule has 3 rings (SSSR count). The van der Waals surface area contributed by atoms with Crippen molar-refractivity contribution in [1.82, 2.24) is 10.2 Å². The minimum absolute atomic E-state index is 0.0242. The summed E-state index contributed by atoms with van der Waals surface area (Å²) >= 11 is 0. The van der Waals surface area contributed by atoms with Crippen molar-refractivity contribution >= 4 is 11.7 Å². The van der Waals surface area contributed by atoms with Gasteiger partial charge < -0.3 is 15.1 Å².